The maximum absolute atomic E-state index is 12.1. The summed E-state index contributed by atoms with van der Waals surface area (Å²) in [5.41, 5.74) is 0. The Morgan fingerprint density at radius 2 is 1.79 bits per heavy atom. The largest absolute Gasteiger partial charge is 0.633 e. The van der Waals surface area contributed by atoms with Gasteiger partial charge in [0, 0.05) is 12.3 Å². The van der Waals surface area contributed by atoms with Gasteiger partial charge in [-0.05, 0) is 24.7 Å². The molecular weight excluding hydrogens is 174 g/mol. The first kappa shape index (κ1) is 12.0. The van der Waals surface area contributed by atoms with Crippen LogP contribution in [-0.4, -0.2) is 24.8 Å². The molecule has 0 amide bonds. The average molecular weight is 199 g/mol. The molecule has 0 bridgehead atoms. The Hall–Kier alpha value is -0.0800. The van der Waals surface area contributed by atoms with E-state index >= 15 is 0 Å². The number of quaternary nitrogens is 1. The van der Waals surface area contributed by atoms with E-state index in [-0.39, 0.29) is 4.65 Å². The van der Waals surface area contributed by atoms with Gasteiger partial charge >= 0.3 is 0 Å². The number of hydroxylamine groups is 3. The molecule has 0 N–H and O–H groups in total. The summed E-state index contributed by atoms with van der Waals surface area (Å²) < 4.78 is -0.104. The van der Waals surface area contributed by atoms with Gasteiger partial charge in [0.05, 0.1) is 20.1 Å². The molecule has 0 aromatic rings. The van der Waals surface area contributed by atoms with E-state index in [0.717, 1.165) is 12.3 Å². The summed E-state index contributed by atoms with van der Waals surface area (Å²) in [4.78, 5) is 0. The lowest BCUT2D eigenvalue weighted by atomic mass is 9.73. The Balaban J connectivity index is 2.74. The normalized spacial score (nSPS) is 34.9. The van der Waals surface area contributed by atoms with Gasteiger partial charge in [-0.3, -0.25) is 0 Å². The fourth-order valence-corrected chi connectivity index (χ4v) is 2.87. The lowest BCUT2D eigenvalue weighted by Crippen LogP contribution is -2.51. The Bertz CT molecular complexity index is 183. The van der Waals surface area contributed by atoms with Gasteiger partial charge in [0.1, 0.15) is 0 Å². The number of rotatable bonds is 2. The van der Waals surface area contributed by atoms with Crippen LogP contribution in [0.15, 0.2) is 0 Å². The lowest BCUT2D eigenvalue weighted by molar-refractivity contribution is -0.873. The van der Waals surface area contributed by atoms with E-state index in [9.17, 15) is 5.21 Å². The van der Waals surface area contributed by atoms with Gasteiger partial charge in [0.2, 0.25) is 0 Å². The molecule has 14 heavy (non-hydrogen) atoms. The topological polar surface area (TPSA) is 23.1 Å². The van der Waals surface area contributed by atoms with Gasteiger partial charge in [-0.15, -0.1) is 0 Å². The van der Waals surface area contributed by atoms with Crippen LogP contribution in [0.5, 0.6) is 0 Å². The molecule has 1 rings (SSSR count). The van der Waals surface area contributed by atoms with Crippen molar-refractivity contribution in [1.29, 1.82) is 0 Å². The van der Waals surface area contributed by atoms with Crippen LogP contribution < -0.4 is 0 Å². The molecule has 0 heterocycles. The van der Waals surface area contributed by atoms with Gasteiger partial charge in [0.15, 0.2) is 0 Å². The minimum absolute atomic E-state index is 0.104. The second-order valence-corrected chi connectivity index (χ2v) is 5.83. The molecule has 84 valence electrons. The highest BCUT2D eigenvalue weighted by atomic mass is 16.5. The van der Waals surface area contributed by atoms with Crippen molar-refractivity contribution in [3.8, 4) is 0 Å². The zero-order valence-electron chi connectivity index (χ0n) is 10.3. The van der Waals surface area contributed by atoms with Crippen LogP contribution in [0.4, 0.5) is 0 Å². The third kappa shape index (κ3) is 2.71. The zero-order valence-corrected chi connectivity index (χ0v) is 10.3. The van der Waals surface area contributed by atoms with Crippen molar-refractivity contribution in [2.45, 2.75) is 46.1 Å². The minimum Gasteiger partial charge on any atom is -0.633 e. The van der Waals surface area contributed by atoms with Gasteiger partial charge in [0.25, 0.3) is 0 Å². The van der Waals surface area contributed by atoms with Crippen LogP contribution in [-0.2, 0) is 0 Å². The molecule has 0 aromatic heterocycles. The van der Waals surface area contributed by atoms with Gasteiger partial charge in [-0.25, -0.2) is 0 Å². The Kier molecular flexibility index (Phi) is 3.59. The van der Waals surface area contributed by atoms with Gasteiger partial charge in [-0.2, -0.15) is 0 Å². The van der Waals surface area contributed by atoms with E-state index < -0.39 is 0 Å². The molecule has 0 saturated heterocycles. The summed E-state index contributed by atoms with van der Waals surface area (Å²) in [6, 6.07) is 0.318. The predicted octanol–water partition coefficient (Wildman–Crippen LogP) is 3.02. The zero-order chi connectivity index (χ0) is 10.9. The standard InChI is InChI=1S/C12H25NO/c1-9(2)11-7-6-10(3)8-12(11)13(4,5)14/h9-12H,6-8H2,1-5H3. The monoisotopic (exact) mass is 199 g/mol. The molecule has 1 saturated carbocycles. The molecule has 2 heteroatoms. The van der Waals surface area contributed by atoms with Crippen molar-refractivity contribution < 1.29 is 4.65 Å². The minimum atomic E-state index is -0.104. The van der Waals surface area contributed by atoms with Crippen molar-refractivity contribution in [2.75, 3.05) is 14.1 Å². The summed E-state index contributed by atoms with van der Waals surface area (Å²) in [5, 5.41) is 12.1. The van der Waals surface area contributed by atoms with Crippen LogP contribution in [0.3, 0.4) is 0 Å². The van der Waals surface area contributed by atoms with Crippen LogP contribution in [0, 0.1) is 23.0 Å². The Labute approximate surface area is 88.5 Å². The first-order valence-corrected chi connectivity index (χ1v) is 5.87. The fraction of sp³-hybridized carbons (Fsp3) is 1.00. The van der Waals surface area contributed by atoms with E-state index in [1.807, 2.05) is 0 Å². The smallest absolute Gasteiger partial charge is 0.0916 e. The molecule has 0 aromatic carbocycles. The molecule has 1 aliphatic rings. The van der Waals surface area contributed by atoms with Crippen LogP contribution in [0.2, 0.25) is 0 Å². The summed E-state index contributed by atoms with van der Waals surface area (Å²) in [5.74, 6) is 2.01. The maximum Gasteiger partial charge on any atom is 0.0916 e. The van der Waals surface area contributed by atoms with E-state index in [2.05, 4.69) is 20.8 Å². The summed E-state index contributed by atoms with van der Waals surface area (Å²) in [6.07, 6.45) is 3.66. The van der Waals surface area contributed by atoms with Crippen LogP contribution in [0.25, 0.3) is 0 Å². The summed E-state index contributed by atoms with van der Waals surface area (Å²) in [6.45, 7) is 6.78. The SMILES string of the molecule is CC1CCC(C(C)C)C([N+](C)(C)[O-])C1. The highest BCUT2D eigenvalue weighted by molar-refractivity contribution is 4.81. The molecule has 1 aliphatic carbocycles. The first-order valence-electron chi connectivity index (χ1n) is 5.87. The molecule has 1 fully saturated rings. The molecule has 3 atom stereocenters. The first-order chi connectivity index (χ1) is 6.32. The van der Waals surface area contributed by atoms with Gasteiger partial charge in [-0.1, -0.05) is 20.8 Å². The second-order valence-electron chi connectivity index (χ2n) is 5.83. The lowest BCUT2D eigenvalue weighted by Gasteiger charge is -2.50. The molecule has 2 nitrogen and oxygen atoms in total. The molecule has 3 unspecified atom stereocenters. The van der Waals surface area contributed by atoms with Crippen molar-refractivity contribution in [3.05, 3.63) is 5.21 Å². The van der Waals surface area contributed by atoms with Crippen LogP contribution in [0.1, 0.15) is 40.0 Å². The average Bonchev–Trinajstić information content (AvgIpc) is 2.01. The fourth-order valence-electron chi connectivity index (χ4n) is 2.87. The highest BCUT2D eigenvalue weighted by Crippen LogP contribution is 2.37. The predicted molar refractivity (Wildman–Crippen MR) is 60.6 cm³/mol. The van der Waals surface area contributed by atoms with E-state index in [0.29, 0.717) is 17.9 Å². The molecular formula is C12H25NO. The van der Waals surface area contributed by atoms with Crippen molar-refractivity contribution in [2.24, 2.45) is 17.8 Å². The number of hydrogen-bond donors (Lipinski definition) is 0. The molecule has 0 radical (unpaired) electrons. The van der Waals surface area contributed by atoms with Gasteiger partial charge < -0.3 is 9.85 Å². The number of hydrogen-bond acceptors (Lipinski definition) is 1. The third-order valence-electron chi connectivity index (χ3n) is 3.79. The van der Waals surface area contributed by atoms with Crippen molar-refractivity contribution >= 4 is 0 Å². The Morgan fingerprint density at radius 3 is 2.21 bits per heavy atom. The van der Waals surface area contributed by atoms with E-state index in [1.54, 1.807) is 14.1 Å². The molecule has 0 spiro atoms. The Morgan fingerprint density at radius 1 is 1.21 bits per heavy atom. The van der Waals surface area contributed by atoms with E-state index in [4.69, 9.17) is 0 Å². The van der Waals surface area contributed by atoms with Crippen LogP contribution >= 0.6 is 0 Å². The van der Waals surface area contributed by atoms with E-state index in [1.165, 1.54) is 12.8 Å². The van der Waals surface area contributed by atoms with Crippen molar-refractivity contribution in [3.63, 3.8) is 0 Å². The third-order valence-corrected chi connectivity index (χ3v) is 3.79. The highest BCUT2D eigenvalue weighted by Gasteiger charge is 2.37. The summed E-state index contributed by atoms with van der Waals surface area (Å²) >= 11 is 0. The quantitative estimate of drug-likeness (QED) is 0.495. The molecule has 0 aliphatic heterocycles. The summed E-state index contributed by atoms with van der Waals surface area (Å²) in [7, 11) is 3.61. The van der Waals surface area contributed by atoms with Crippen molar-refractivity contribution in [1.82, 2.24) is 0 Å². The number of nitrogens with zero attached hydrogens (tertiary/aromatic N) is 1. The maximum atomic E-state index is 12.1. The second kappa shape index (κ2) is 4.19.